The number of nitrogens with one attached hydrogen (secondary N) is 1. The van der Waals surface area contributed by atoms with Crippen molar-refractivity contribution in [3.05, 3.63) is 18.7 Å². The van der Waals surface area contributed by atoms with E-state index in [2.05, 4.69) is 10.3 Å². The molecule has 0 radical (unpaired) electrons. The summed E-state index contributed by atoms with van der Waals surface area (Å²) in [7, 11) is 0. The average molecular weight is 194 g/mol. The van der Waals surface area contributed by atoms with Crippen LogP contribution in [0.25, 0.3) is 0 Å². The van der Waals surface area contributed by atoms with Gasteiger partial charge in [-0.1, -0.05) is 0 Å². The van der Waals surface area contributed by atoms with Crippen LogP contribution < -0.4 is 5.32 Å². The molecule has 2 amide bonds. The Morgan fingerprint density at radius 3 is 3.14 bits per heavy atom. The minimum atomic E-state index is 0.0395. The smallest absolute Gasteiger partial charge is 0.317 e. The third kappa shape index (κ3) is 1.71. The maximum absolute atomic E-state index is 11.3. The number of urea groups is 1. The van der Waals surface area contributed by atoms with E-state index in [1.165, 1.54) is 0 Å². The molecule has 1 N–H and O–H groups in total. The summed E-state index contributed by atoms with van der Waals surface area (Å²) in [6, 6.07) is 0.254. The number of carbonyl (C=O) groups excluding carboxylic acids is 1. The molecule has 0 bridgehead atoms. The molecule has 1 saturated heterocycles. The van der Waals surface area contributed by atoms with Crippen LogP contribution in [0.4, 0.5) is 4.79 Å². The van der Waals surface area contributed by atoms with Crippen molar-refractivity contribution in [1.82, 2.24) is 19.8 Å². The normalized spacial score (nSPS) is 18.4. The fourth-order valence-electron chi connectivity index (χ4n) is 1.71. The highest BCUT2D eigenvalue weighted by Crippen LogP contribution is 2.06. The molecule has 1 unspecified atom stereocenters. The van der Waals surface area contributed by atoms with Gasteiger partial charge in [0.1, 0.15) is 0 Å². The van der Waals surface area contributed by atoms with Crippen molar-refractivity contribution in [2.45, 2.75) is 19.5 Å². The molecule has 2 heterocycles. The zero-order chi connectivity index (χ0) is 9.97. The molecule has 0 spiro atoms. The van der Waals surface area contributed by atoms with Gasteiger partial charge in [-0.05, 0) is 6.92 Å². The molecule has 1 atom stereocenters. The fraction of sp³-hybridized carbons (Fsp3) is 0.556. The van der Waals surface area contributed by atoms with Crippen LogP contribution in [0, 0.1) is 0 Å². The van der Waals surface area contributed by atoms with E-state index in [9.17, 15) is 4.79 Å². The van der Waals surface area contributed by atoms with Crippen LogP contribution in [0.3, 0.4) is 0 Å². The van der Waals surface area contributed by atoms with Gasteiger partial charge in [-0.15, -0.1) is 0 Å². The molecule has 76 valence electrons. The van der Waals surface area contributed by atoms with Crippen molar-refractivity contribution in [3.63, 3.8) is 0 Å². The Morgan fingerprint density at radius 2 is 2.57 bits per heavy atom. The van der Waals surface area contributed by atoms with Crippen LogP contribution in [0.1, 0.15) is 6.92 Å². The lowest BCUT2D eigenvalue weighted by Gasteiger charge is -2.23. The molecule has 1 aliphatic rings. The highest BCUT2D eigenvalue weighted by Gasteiger charge is 2.24. The van der Waals surface area contributed by atoms with Gasteiger partial charge in [0.15, 0.2) is 0 Å². The summed E-state index contributed by atoms with van der Waals surface area (Å²) in [5, 5.41) is 2.79. The number of amides is 2. The summed E-state index contributed by atoms with van der Waals surface area (Å²) in [6.45, 7) is 4.40. The molecule has 1 fully saturated rings. The summed E-state index contributed by atoms with van der Waals surface area (Å²) >= 11 is 0. The minimum absolute atomic E-state index is 0.0395. The second-order valence-electron chi connectivity index (χ2n) is 3.53. The predicted molar refractivity (Wildman–Crippen MR) is 51.8 cm³/mol. The van der Waals surface area contributed by atoms with E-state index < -0.39 is 0 Å². The number of hydrogen-bond donors (Lipinski definition) is 1. The first-order valence-corrected chi connectivity index (χ1v) is 4.77. The van der Waals surface area contributed by atoms with Gasteiger partial charge in [0, 0.05) is 38.1 Å². The second-order valence-corrected chi connectivity index (χ2v) is 3.53. The Morgan fingerprint density at radius 1 is 1.71 bits per heavy atom. The summed E-state index contributed by atoms with van der Waals surface area (Å²) < 4.78 is 1.98. The number of carbonyl (C=O) groups is 1. The third-order valence-corrected chi connectivity index (χ3v) is 2.46. The zero-order valence-electron chi connectivity index (χ0n) is 8.18. The number of rotatable bonds is 3. The molecular formula is C9H14N4O. The van der Waals surface area contributed by atoms with E-state index in [1.807, 2.05) is 22.6 Å². The number of aromatic nitrogens is 2. The fourth-order valence-corrected chi connectivity index (χ4v) is 1.71. The summed E-state index contributed by atoms with van der Waals surface area (Å²) in [4.78, 5) is 17.1. The van der Waals surface area contributed by atoms with Crippen LogP contribution in [-0.2, 0) is 6.54 Å². The lowest BCUT2D eigenvalue weighted by Crippen LogP contribution is -2.38. The van der Waals surface area contributed by atoms with Gasteiger partial charge in [0.05, 0.1) is 6.33 Å². The van der Waals surface area contributed by atoms with Crippen molar-refractivity contribution in [2.75, 3.05) is 13.1 Å². The van der Waals surface area contributed by atoms with E-state index in [4.69, 9.17) is 0 Å². The summed E-state index contributed by atoms with van der Waals surface area (Å²) in [6.07, 6.45) is 5.42. The number of nitrogens with zero attached hydrogens (tertiary/aromatic N) is 3. The van der Waals surface area contributed by atoms with Crippen LogP contribution in [0.15, 0.2) is 18.7 Å². The molecule has 1 aromatic rings. The molecule has 14 heavy (non-hydrogen) atoms. The van der Waals surface area contributed by atoms with Gasteiger partial charge in [-0.2, -0.15) is 0 Å². The van der Waals surface area contributed by atoms with Gasteiger partial charge in [0.25, 0.3) is 0 Å². The van der Waals surface area contributed by atoms with E-state index in [0.29, 0.717) is 0 Å². The van der Waals surface area contributed by atoms with E-state index in [0.717, 1.165) is 19.6 Å². The Balaban J connectivity index is 1.95. The predicted octanol–water partition coefficient (Wildman–Crippen LogP) is 0.297. The molecule has 2 rings (SSSR count). The molecular weight excluding hydrogens is 180 g/mol. The maximum atomic E-state index is 11.3. The van der Waals surface area contributed by atoms with Crippen LogP contribution in [-0.4, -0.2) is 39.6 Å². The van der Waals surface area contributed by atoms with Gasteiger partial charge >= 0.3 is 6.03 Å². The van der Waals surface area contributed by atoms with Crippen molar-refractivity contribution in [1.29, 1.82) is 0 Å². The SMILES string of the molecule is CC(Cn1ccnc1)N1CCNC1=O. The first kappa shape index (κ1) is 9.05. The number of imidazole rings is 1. The molecule has 5 heteroatoms. The summed E-state index contributed by atoms with van der Waals surface area (Å²) in [5.41, 5.74) is 0. The minimum Gasteiger partial charge on any atom is -0.336 e. The quantitative estimate of drug-likeness (QED) is 0.752. The Hall–Kier alpha value is -1.52. The van der Waals surface area contributed by atoms with Gasteiger partial charge in [-0.3, -0.25) is 0 Å². The summed E-state index contributed by atoms with van der Waals surface area (Å²) in [5.74, 6) is 0. The first-order chi connectivity index (χ1) is 6.77. The molecule has 1 aliphatic heterocycles. The molecule has 1 aromatic heterocycles. The molecule has 0 saturated carbocycles. The second kappa shape index (κ2) is 3.69. The van der Waals surface area contributed by atoms with E-state index in [-0.39, 0.29) is 12.1 Å². The van der Waals surface area contributed by atoms with Gasteiger partial charge < -0.3 is 14.8 Å². The van der Waals surface area contributed by atoms with Gasteiger partial charge in [-0.25, -0.2) is 9.78 Å². The Labute approximate surface area is 82.7 Å². The van der Waals surface area contributed by atoms with Crippen molar-refractivity contribution < 1.29 is 4.79 Å². The standard InChI is InChI=1S/C9H14N4O/c1-8(6-12-4-2-10-7-12)13-5-3-11-9(13)14/h2,4,7-8H,3,5-6H2,1H3,(H,11,14). The van der Waals surface area contributed by atoms with Crippen molar-refractivity contribution >= 4 is 6.03 Å². The lowest BCUT2D eigenvalue weighted by molar-refractivity contribution is 0.196. The van der Waals surface area contributed by atoms with Crippen molar-refractivity contribution in [2.24, 2.45) is 0 Å². The maximum Gasteiger partial charge on any atom is 0.317 e. The van der Waals surface area contributed by atoms with Crippen molar-refractivity contribution in [3.8, 4) is 0 Å². The highest BCUT2D eigenvalue weighted by molar-refractivity contribution is 5.76. The van der Waals surface area contributed by atoms with E-state index in [1.54, 1.807) is 12.5 Å². The zero-order valence-corrected chi connectivity index (χ0v) is 8.18. The molecule has 5 nitrogen and oxygen atoms in total. The van der Waals surface area contributed by atoms with E-state index >= 15 is 0 Å². The van der Waals surface area contributed by atoms with Crippen LogP contribution >= 0.6 is 0 Å². The Bertz CT molecular complexity index is 309. The Kier molecular flexibility index (Phi) is 2.39. The largest absolute Gasteiger partial charge is 0.336 e. The van der Waals surface area contributed by atoms with Gasteiger partial charge in [0.2, 0.25) is 0 Å². The first-order valence-electron chi connectivity index (χ1n) is 4.77. The number of hydrogen-bond acceptors (Lipinski definition) is 2. The van der Waals surface area contributed by atoms with Crippen LogP contribution in [0.2, 0.25) is 0 Å². The molecule has 0 aromatic carbocycles. The highest BCUT2D eigenvalue weighted by atomic mass is 16.2. The monoisotopic (exact) mass is 194 g/mol. The molecule has 0 aliphatic carbocycles. The topological polar surface area (TPSA) is 50.2 Å². The lowest BCUT2D eigenvalue weighted by atomic mass is 10.3. The average Bonchev–Trinajstić information content (AvgIpc) is 2.75. The third-order valence-electron chi connectivity index (χ3n) is 2.46. The van der Waals surface area contributed by atoms with Crippen LogP contribution in [0.5, 0.6) is 0 Å².